The van der Waals surface area contributed by atoms with Crippen LogP contribution in [0.3, 0.4) is 0 Å². The molecule has 122 valence electrons. The van der Waals surface area contributed by atoms with Gasteiger partial charge in [-0.25, -0.2) is 0 Å². The van der Waals surface area contributed by atoms with E-state index in [2.05, 4.69) is 29.4 Å². The van der Waals surface area contributed by atoms with Crippen molar-refractivity contribution in [1.29, 1.82) is 0 Å². The van der Waals surface area contributed by atoms with E-state index in [1.165, 1.54) is 23.5 Å². The number of rotatable bonds is 6. The molecule has 0 radical (unpaired) electrons. The molecule has 1 aromatic heterocycles. The summed E-state index contributed by atoms with van der Waals surface area (Å²) in [4.78, 5) is 22.6. The van der Waals surface area contributed by atoms with Gasteiger partial charge in [-0.2, -0.15) is 0 Å². The predicted octanol–water partition coefficient (Wildman–Crippen LogP) is 4.24. The largest absolute Gasteiger partial charge is 0.296 e. The quantitative estimate of drug-likeness (QED) is 0.352. The van der Waals surface area contributed by atoms with Gasteiger partial charge in [0.15, 0.2) is 4.34 Å². The summed E-state index contributed by atoms with van der Waals surface area (Å²) in [6, 6.07) is 3.88. The van der Waals surface area contributed by atoms with Gasteiger partial charge in [0.1, 0.15) is 5.56 Å². The Labute approximate surface area is 145 Å². The van der Waals surface area contributed by atoms with E-state index in [1.807, 2.05) is 0 Å². The Bertz CT molecular complexity index is 738. The van der Waals surface area contributed by atoms with Crippen LogP contribution in [-0.2, 0) is 0 Å². The third kappa shape index (κ3) is 4.63. The van der Waals surface area contributed by atoms with Crippen LogP contribution in [0.1, 0.15) is 30.6 Å². The summed E-state index contributed by atoms with van der Waals surface area (Å²) in [6.07, 6.45) is 0.989. The van der Waals surface area contributed by atoms with E-state index in [-0.39, 0.29) is 16.3 Å². The molecule has 7 nitrogen and oxygen atoms in total. The summed E-state index contributed by atoms with van der Waals surface area (Å²) >= 11 is 8.53. The lowest BCUT2D eigenvalue weighted by molar-refractivity contribution is -0.385. The fourth-order valence-corrected chi connectivity index (χ4v) is 3.74. The first-order valence-electron chi connectivity index (χ1n) is 6.66. The molecule has 0 aliphatic carbocycles. The molecule has 0 aliphatic rings. The summed E-state index contributed by atoms with van der Waals surface area (Å²) in [5, 5.41) is 22.3. The second-order valence-corrected chi connectivity index (χ2v) is 7.68. The van der Waals surface area contributed by atoms with Crippen LogP contribution in [0.25, 0.3) is 0 Å². The van der Waals surface area contributed by atoms with Crippen LogP contribution in [0.2, 0.25) is 5.02 Å². The third-order valence-corrected chi connectivity index (χ3v) is 5.33. The first-order valence-corrected chi connectivity index (χ1v) is 8.73. The Kier molecular flexibility index (Phi) is 5.91. The Morgan fingerprint density at radius 2 is 2.26 bits per heavy atom. The molecule has 0 fully saturated rings. The molecule has 1 heterocycles. The number of aromatic nitrogens is 2. The topological polar surface area (TPSA) is 98.0 Å². The van der Waals surface area contributed by atoms with Gasteiger partial charge in [0, 0.05) is 16.3 Å². The number of benzene rings is 1. The molecule has 0 saturated heterocycles. The molecule has 10 heteroatoms. The lowest BCUT2D eigenvalue weighted by Gasteiger charge is -2.03. The Hall–Kier alpha value is -1.71. The normalized spacial score (nSPS) is 12.0. The molecule has 2 rings (SSSR count). The number of nitro groups is 1. The number of halogens is 1. The van der Waals surface area contributed by atoms with E-state index in [0.717, 1.165) is 16.8 Å². The first-order chi connectivity index (χ1) is 10.9. The van der Waals surface area contributed by atoms with E-state index >= 15 is 0 Å². The summed E-state index contributed by atoms with van der Waals surface area (Å²) in [5.74, 6) is -0.621. The van der Waals surface area contributed by atoms with Crippen LogP contribution in [0.15, 0.2) is 22.5 Å². The fourth-order valence-electron chi connectivity index (χ4n) is 1.58. The van der Waals surface area contributed by atoms with Crippen LogP contribution in [0.4, 0.5) is 10.8 Å². The molecular weight excluding hydrogens is 360 g/mol. The smallest absolute Gasteiger partial charge is 0.283 e. The number of hydrogen-bond acceptors (Lipinski definition) is 7. The minimum absolute atomic E-state index is 0.0780. The van der Waals surface area contributed by atoms with Crippen molar-refractivity contribution in [2.75, 3.05) is 5.32 Å². The highest BCUT2D eigenvalue weighted by Crippen LogP contribution is 2.30. The molecule has 0 saturated carbocycles. The number of hydrogen-bond donors (Lipinski definition) is 1. The highest BCUT2D eigenvalue weighted by atomic mass is 35.5. The molecule has 1 atom stereocenters. The van der Waals surface area contributed by atoms with E-state index in [4.69, 9.17) is 11.6 Å². The summed E-state index contributed by atoms with van der Waals surface area (Å²) in [6.45, 7) is 4.14. The fraction of sp³-hybridized carbons (Fsp3) is 0.308. The molecule has 1 amide bonds. The predicted molar refractivity (Wildman–Crippen MR) is 91.6 cm³/mol. The number of nitrogens with one attached hydrogen (secondary N) is 1. The molecule has 1 unspecified atom stereocenters. The maximum absolute atomic E-state index is 12.2. The van der Waals surface area contributed by atoms with E-state index in [1.54, 1.807) is 11.8 Å². The zero-order valence-electron chi connectivity index (χ0n) is 12.3. The van der Waals surface area contributed by atoms with Gasteiger partial charge in [-0.1, -0.05) is 48.5 Å². The SMILES string of the molecule is CCC(C)Sc1nnc(NC(=O)c2ccc(Cl)cc2[N+](=O)[O-])s1. The van der Waals surface area contributed by atoms with Gasteiger partial charge in [-0.15, -0.1) is 10.2 Å². The van der Waals surface area contributed by atoms with Gasteiger partial charge in [0.05, 0.1) is 4.92 Å². The van der Waals surface area contributed by atoms with Crippen molar-refractivity contribution in [2.45, 2.75) is 29.9 Å². The van der Waals surface area contributed by atoms with Gasteiger partial charge in [-0.05, 0) is 18.6 Å². The van der Waals surface area contributed by atoms with Crippen LogP contribution < -0.4 is 5.32 Å². The minimum atomic E-state index is -0.648. The van der Waals surface area contributed by atoms with Crippen molar-refractivity contribution >= 4 is 51.4 Å². The summed E-state index contributed by atoms with van der Waals surface area (Å²) in [7, 11) is 0. The van der Waals surface area contributed by atoms with Crippen molar-refractivity contribution in [3.63, 3.8) is 0 Å². The molecule has 1 N–H and O–H groups in total. The van der Waals surface area contributed by atoms with Gasteiger partial charge >= 0.3 is 0 Å². The van der Waals surface area contributed by atoms with Gasteiger partial charge in [0.25, 0.3) is 11.6 Å². The Morgan fingerprint density at radius 3 is 2.91 bits per heavy atom. The van der Waals surface area contributed by atoms with Crippen molar-refractivity contribution in [1.82, 2.24) is 10.2 Å². The summed E-state index contributed by atoms with van der Waals surface area (Å²) in [5.41, 5.74) is -0.431. The van der Waals surface area contributed by atoms with Crippen LogP contribution in [0, 0.1) is 10.1 Å². The number of nitro benzene ring substituents is 1. The van der Waals surface area contributed by atoms with Crippen LogP contribution >= 0.6 is 34.7 Å². The lowest BCUT2D eigenvalue weighted by Crippen LogP contribution is -2.13. The monoisotopic (exact) mass is 372 g/mol. The maximum Gasteiger partial charge on any atom is 0.283 e. The van der Waals surface area contributed by atoms with E-state index < -0.39 is 10.8 Å². The number of amides is 1. The van der Waals surface area contributed by atoms with E-state index in [0.29, 0.717) is 10.4 Å². The third-order valence-electron chi connectivity index (χ3n) is 2.90. The van der Waals surface area contributed by atoms with Crippen molar-refractivity contribution in [2.24, 2.45) is 0 Å². The zero-order chi connectivity index (χ0) is 17.0. The molecule has 1 aromatic carbocycles. The van der Waals surface area contributed by atoms with Crippen molar-refractivity contribution in [3.05, 3.63) is 38.9 Å². The molecule has 0 bridgehead atoms. The zero-order valence-corrected chi connectivity index (χ0v) is 14.7. The molecule has 23 heavy (non-hydrogen) atoms. The minimum Gasteiger partial charge on any atom is -0.296 e. The number of anilines is 1. The molecular formula is C13H13ClN4O3S2. The highest BCUT2D eigenvalue weighted by Gasteiger charge is 2.21. The van der Waals surface area contributed by atoms with Crippen molar-refractivity contribution in [3.8, 4) is 0 Å². The average molecular weight is 373 g/mol. The number of nitrogens with zero attached hydrogens (tertiary/aromatic N) is 3. The van der Waals surface area contributed by atoms with E-state index in [9.17, 15) is 14.9 Å². The van der Waals surface area contributed by atoms with Gasteiger partial charge in [0.2, 0.25) is 5.13 Å². The Balaban J connectivity index is 2.15. The maximum atomic E-state index is 12.2. The highest BCUT2D eigenvalue weighted by molar-refractivity contribution is 8.01. The summed E-state index contributed by atoms with van der Waals surface area (Å²) < 4.78 is 0.736. The lowest BCUT2D eigenvalue weighted by atomic mass is 10.1. The second kappa shape index (κ2) is 7.71. The number of carbonyl (C=O) groups is 1. The van der Waals surface area contributed by atoms with Crippen molar-refractivity contribution < 1.29 is 9.72 Å². The standard InChI is InChI=1S/C13H13ClN4O3S2/c1-3-7(2)22-13-17-16-12(23-13)15-11(19)9-5-4-8(14)6-10(9)18(20)21/h4-7H,3H2,1-2H3,(H,15,16,19). The van der Waals surface area contributed by atoms with Gasteiger partial charge < -0.3 is 0 Å². The molecule has 2 aromatic rings. The second-order valence-electron chi connectivity index (χ2n) is 4.58. The average Bonchev–Trinajstić information content (AvgIpc) is 2.93. The van der Waals surface area contributed by atoms with Crippen LogP contribution in [-0.4, -0.2) is 26.3 Å². The first kappa shape index (κ1) is 17.6. The van der Waals surface area contributed by atoms with Gasteiger partial charge in [-0.3, -0.25) is 20.2 Å². The Morgan fingerprint density at radius 1 is 1.52 bits per heavy atom. The number of carbonyl (C=O) groups excluding carboxylic acids is 1. The molecule has 0 spiro atoms. The molecule has 0 aliphatic heterocycles. The number of thioether (sulfide) groups is 1. The van der Waals surface area contributed by atoms with Crippen LogP contribution in [0.5, 0.6) is 0 Å².